The van der Waals surface area contributed by atoms with Crippen LogP contribution in [-0.4, -0.2) is 19.2 Å². The summed E-state index contributed by atoms with van der Waals surface area (Å²) in [4.78, 5) is 21.9. The minimum absolute atomic E-state index is 0.252. The van der Waals surface area contributed by atoms with Crippen molar-refractivity contribution in [1.29, 1.82) is 0 Å². The normalized spacial score (nSPS) is 11.0. The summed E-state index contributed by atoms with van der Waals surface area (Å²) in [7, 11) is -4.51. The maximum Gasteiger partial charge on any atom is 0.331 e. The summed E-state index contributed by atoms with van der Waals surface area (Å²) in [5.74, 6) is -1.26. The standard InChI is InChI=1S/C17H11ClN2O7S/c18-15-14(28(24,25)19-17(21)13-7-4-10-26-13)9-8-12(16(15)20(22)23)27-11-5-2-1-3-6-11/h1-10H,(H,19,21). The third kappa shape index (κ3) is 3.97. The highest BCUT2D eigenvalue weighted by Gasteiger charge is 2.31. The van der Waals surface area contributed by atoms with Gasteiger partial charge in [0, 0.05) is 0 Å². The second-order valence-electron chi connectivity index (χ2n) is 5.31. The van der Waals surface area contributed by atoms with E-state index in [1.54, 1.807) is 35.1 Å². The molecule has 28 heavy (non-hydrogen) atoms. The first-order chi connectivity index (χ1) is 13.3. The predicted molar refractivity (Wildman–Crippen MR) is 98.0 cm³/mol. The SMILES string of the molecule is O=C(NS(=O)(=O)c1ccc(Oc2ccccc2)c([N+](=O)[O-])c1Cl)c1ccco1. The Balaban J connectivity index is 1.99. The van der Waals surface area contributed by atoms with Crippen LogP contribution in [0.25, 0.3) is 0 Å². The lowest BCUT2D eigenvalue weighted by atomic mass is 10.3. The summed E-state index contributed by atoms with van der Waals surface area (Å²) >= 11 is 5.99. The number of nitro benzene ring substituents is 1. The number of carbonyl (C=O) groups is 1. The molecule has 0 aliphatic heterocycles. The average molecular weight is 423 g/mol. The fraction of sp³-hybridized carbons (Fsp3) is 0. The Bertz CT molecular complexity index is 1130. The number of carbonyl (C=O) groups excluding carboxylic acids is 1. The van der Waals surface area contributed by atoms with E-state index in [0.717, 1.165) is 12.1 Å². The molecule has 3 aromatic rings. The van der Waals surface area contributed by atoms with Gasteiger partial charge in [-0.05, 0) is 36.4 Å². The topological polar surface area (TPSA) is 129 Å². The largest absolute Gasteiger partial charge is 0.459 e. The Hall–Kier alpha value is -3.37. The summed E-state index contributed by atoms with van der Waals surface area (Å²) in [5.41, 5.74) is -0.751. The van der Waals surface area contributed by atoms with Gasteiger partial charge in [0.15, 0.2) is 5.76 Å². The lowest BCUT2D eigenvalue weighted by Crippen LogP contribution is -2.30. The van der Waals surface area contributed by atoms with Gasteiger partial charge in [0.2, 0.25) is 5.75 Å². The molecule has 0 saturated carbocycles. The van der Waals surface area contributed by atoms with Crippen LogP contribution >= 0.6 is 11.6 Å². The van der Waals surface area contributed by atoms with Crippen molar-refractivity contribution >= 4 is 33.2 Å². The van der Waals surface area contributed by atoms with Crippen LogP contribution < -0.4 is 9.46 Å². The molecule has 144 valence electrons. The number of nitro groups is 1. The van der Waals surface area contributed by atoms with Gasteiger partial charge < -0.3 is 9.15 Å². The Labute approximate surface area is 163 Å². The number of hydrogen-bond acceptors (Lipinski definition) is 7. The highest BCUT2D eigenvalue weighted by atomic mass is 35.5. The number of hydrogen-bond donors (Lipinski definition) is 1. The highest BCUT2D eigenvalue weighted by Crippen LogP contribution is 2.40. The lowest BCUT2D eigenvalue weighted by molar-refractivity contribution is -0.385. The van der Waals surface area contributed by atoms with Gasteiger partial charge in [-0.25, -0.2) is 13.1 Å². The lowest BCUT2D eigenvalue weighted by Gasteiger charge is -2.11. The monoisotopic (exact) mass is 422 g/mol. The van der Waals surface area contributed by atoms with Crippen LogP contribution in [0.1, 0.15) is 10.6 Å². The van der Waals surface area contributed by atoms with Crippen molar-refractivity contribution in [2.45, 2.75) is 4.90 Å². The van der Waals surface area contributed by atoms with Gasteiger partial charge in [0.05, 0.1) is 11.2 Å². The summed E-state index contributed by atoms with van der Waals surface area (Å²) < 4.78 is 37.0. The van der Waals surface area contributed by atoms with Gasteiger partial charge in [-0.2, -0.15) is 0 Å². The summed E-state index contributed by atoms with van der Waals surface area (Å²) in [6.07, 6.45) is 1.19. The van der Waals surface area contributed by atoms with Crippen molar-refractivity contribution in [3.8, 4) is 11.5 Å². The molecule has 0 spiro atoms. The Kier molecular flexibility index (Phi) is 5.34. The molecule has 1 N–H and O–H groups in total. The zero-order valence-electron chi connectivity index (χ0n) is 13.9. The molecule has 2 aromatic carbocycles. The van der Waals surface area contributed by atoms with E-state index in [4.69, 9.17) is 20.8 Å². The molecule has 0 aliphatic carbocycles. The Morgan fingerprint density at radius 2 is 1.82 bits per heavy atom. The quantitative estimate of drug-likeness (QED) is 0.473. The van der Waals surface area contributed by atoms with Crippen molar-refractivity contribution < 1.29 is 27.3 Å². The summed E-state index contributed by atoms with van der Waals surface area (Å²) in [6.45, 7) is 0. The number of para-hydroxylation sites is 1. The summed E-state index contributed by atoms with van der Waals surface area (Å²) in [5, 5.41) is 10.8. The first-order valence-electron chi connectivity index (χ1n) is 7.60. The third-order valence-electron chi connectivity index (χ3n) is 3.46. The van der Waals surface area contributed by atoms with Crippen LogP contribution in [0, 0.1) is 10.1 Å². The zero-order valence-corrected chi connectivity index (χ0v) is 15.4. The van der Waals surface area contributed by atoms with Crippen LogP contribution in [0.2, 0.25) is 5.02 Å². The molecule has 0 aliphatic rings. The van der Waals surface area contributed by atoms with Gasteiger partial charge in [-0.1, -0.05) is 29.8 Å². The molecular formula is C17H11ClN2O7S. The number of nitrogens with zero attached hydrogens (tertiary/aromatic N) is 1. The first-order valence-corrected chi connectivity index (χ1v) is 9.46. The molecule has 0 saturated heterocycles. The Morgan fingerprint density at radius 1 is 1.11 bits per heavy atom. The van der Waals surface area contributed by atoms with Crippen LogP contribution in [-0.2, 0) is 10.0 Å². The highest BCUT2D eigenvalue weighted by molar-refractivity contribution is 7.90. The van der Waals surface area contributed by atoms with Crippen LogP contribution in [0.5, 0.6) is 11.5 Å². The van der Waals surface area contributed by atoms with E-state index in [2.05, 4.69) is 0 Å². The minimum atomic E-state index is -4.51. The molecule has 11 heteroatoms. The second kappa shape index (κ2) is 7.71. The summed E-state index contributed by atoms with van der Waals surface area (Å²) in [6, 6.07) is 12.9. The fourth-order valence-corrected chi connectivity index (χ4v) is 3.80. The molecule has 0 bridgehead atoms. The van der Waals surface area contributed by atoms with Gasteiger partial charge in [0.25, 0.3) is 10.0 Å². The van der Waals surface area contributed by atoms with Crippen molar-refractivity contribution in [1.82, 2.24) is 4.72 Å². The van der Waals surface area contributed by atoms with E-state index in [0.29, 0.717) is 5.75 Å². The molecule has 0 fully saturated rings. The van der Waals surface area contributed by atoms with Crippen molar-refractivity contribution in [3.05, 3.63) is 81.8 Å². The van der Waals surface area contributed by atoms with Crippen molar-refractivity contribution in [2.75, 3.05) is 0 Å². The van der Waals surface area contributed by atoms with Gasteiger partial charge in [0.1, 0.15) is 15.7 Å². The fourth-order valence-electron chi connectivity index (χ4n) is 2.24. The number of ether oxygens (including phenoxy) is 1. The minimum Gasteiger partial charge on any atom is -0.459 e. The average Bonchev–Trinajstić information content (AvgIpc) is 3.16. The third-order valence-corrected chi connectivity index (χ3v) is 5.33. The van der Waals surface area contributed by atoms with Crippen LogP contribution in [0.15, 0.2) is 70.2 Å². The molecule has 0 unspecified atom stereocenters. The number of nitrogens with one attached hydrogen (secondary N) is 1. The molecule has 1 amide bonds. The zero-order chi connectivity index (χ0) is 20.3. The number of sulfonamides is 1. The van der Waals surface area contributed by atoms with E-state index in [1.165, 1.54) is 18.4 Å². The predicted octanol–water partition coefficient (Wildman–Crippen LogP) is 3.75. The van der Waals surface area contributed by atoms with E-state index >= 15 is 0 Å². The molecule has 0 radical (unpaired) electrons. The van der Waals surface area contributed by atoms with Gasteiger partial charge >= 0.3 is 11.6 Å². The first kappa shape index (κ1) is 19.4. The van der Waals surface area contributed by atoms with Crippen molar-refractivity contribution in [3.63, 3.8) is 0 Å². The molecule has 0 atom stereocenters. The number of amides is 1. The second-order valence-corrected chi connectivity index (χ2v) is 7.34. The van der Waals surface area contributed by atoms with E-state index < -0.39 is 36.5 Å². The van der Waals surface area contributed by atoms with Gasteiger partial charge in [-0.15, -0.1) is 0 Å². The van der Waals surface area contributed by atoms with Crippen LogP contribution in [0.4, 0.5) is 5.69 Å². The number of halogens is 1. The van der Waals surface area contributed by atoms with Gasteiger partial charge in [-0.3, -0.25) is 14.9 Å². The molecular weight excluding hydrogens is 412 g/mol. The number of benzene rings is 2. The maximum atomic E-state index is 12.5. The smallest absolute Gasteiger partial charge is 0.331 e. The van der Waals surface area contributed by atoms with E-state index in [1.807, 2.05) is 0 Å². The van der Waals surface area contributed by atoms with E-state index in [-0.39, 0.29) is 11.5 Å². The molecule has 1 heterocycles. The van der Waals surface area contributed by atoms with Crippen molar-refractivity contribution in [2.24, 2.45) is 0 Å². The molecule has 1 aromatic heterocycles. The number of furan rings is 1. The maximum absolute atomic E-state index is 12.5. The molecule has 9 nitrogen and oxygen atoms in total. The molecule has 3 rings (SSSR count). The van der Waals surface area contributed by atoms with Crippen LogP contribution in [0.3, 0.4) is 0 Å². The van der Waals surface area contributed by atoms with E-state index in [9.17, 15) is 23.3 Å². The number of rotatable bonds is 6. The Morgan fingerprint density at radius 3 is 2.43 bits per heavy atom.